The van der Waals surface area contributed by atoms with Gasteiger partial charge in [-0.1, -0.05) is 68.4 Å². The Morgan fingerprint density at radius 3 is 2.38 bits per heavy atom. The van der Waals surface area contributed by atoms with Crippen molar-refractivity contribution in [2.75, 3.05) is 11.5 Å². The minimum Gasteiger partial charge on any atom is -0.480 e. The molecule has 10 heteroatoms. The van der Waals surface area contributed by atoms with Gasteiger partial charge in [-0.25, -0.2) is 14.5 Å². The van der Waals surface area contributed by atoms with E-state index >= 15 is 0 Å². The summed E-state index contributed by atoms with van der Waals surface area (Å²) in [5.74, 6) is -2.39. The lowest BCUT2D eigenvalue weighted by Gasteiger charge is -2.36. The predicted octanol–water partition coefficient (Wildman–Crippen LogP) is 3.95. The van der Waals surface area contributed by atoms with Crippen LogP contribution in [0.15, 0.2) is 72.8 Å². The van der Waals surface area contributed by atoms with Gasteiger partial charge < -0.3 is 20.5 Å². The Labute approximate surface area is 241 Å². The van der Waals surface area contributed by atoms with E-state index in [9.17, 15) is 29.4 Å². The van der Waals surface area contributed by atoms with Crippen LogP contribution in [0.2, 0.25) is 0 Å². The molecule has 4 aromatic rings. The zero-order chi connectivity index (χ0) is 29.7. The van der Waals surface area contributed by atoms with Crippen molar-refractivity contribution in [2.24, 2.45) is 0 Å². The maximum atomic E-state index is 14.2. The number of rotatable bonds is 7. The Morgan fingerprint density at radius 1 is 1.00 bits per heavy atom. The summed E-state index contributed by atoms with van der Waals surface area (Å²) in [5, 5.41) is 21.9. The summed E-state index contributed by atoms with van der Waals surface area (Å²) in [7, 11) is 0. The maximum Gasteiger partial charge on any atom is 0.332 e. The molecule has 4 N–H and O–H groups in total. The van der Waals surface area contributed by atoms with Gasteiger partial charge in [0.15, 0.2) is 6.04 Å². The van der Waals surface area contributed by atoms with Crippen LogP contribution >= 0.6 is 0 Å². The standard InChI is InChI=1S/C32H30N4O6/c1-17(2)18-11-13-19(14-12-18)28-27-22(20-7-3-5-9-23(20)33-27)15-26-30(39)36(32(42)35(26)28)25-10-6-4-8-21(25)29(38)34-24(16-37)31(40)41/h3-14,17,24,26,28,33,37H,15-16H2,1-2H3,(H,34,38)(H,40,41)/t24-,26-,28?/m0/s1. The molecular weight excluding hydrogens is 536 g/mol. The number of anilines is 1. The summed E-state index contributed by atoms with van der Waals surface area (Å²) >= 11 is 0. The van der Waals surface area contributed by atoms with E-state index in [-0.39, 0.29) is 11.3 Å². The highest BCUT2D eigenvalue weighted by molar-refractivity contribution is 6.24. The average molecular weight is 567 g/mol. The Bertz CT molecular complexity index is 1730. The van der Waals surface area contributed by atoms with Crippen molar-refractivity contribution >= 4 is 40.4 Å². The number of carbonyl (C=O) groups excluding carboxylic acids is 3. The monoisotopic (exact) mass is 566 g/mol. The largest absolute Gasteiger partial charge is 0.480 e. The quantitative estimate of drug-likeness (QED) is 0.250. The van der Waals surface area contributed by atoms with Crippen molar-refractivity contribution in [1.82, 2.24) is 15.2 Å². The highest BCUT2D eigenvalue weighted by Gasteiger charge is 2.53. The number of nitrogens with zero attached hydrogens (tertiary/aromatic N) is 2. The molecule has 6 rings (SSSR count). The van der Waals surface area contributed by atoms with Crippen LogP contribution in [-0.4, -0.2) is 62.6 Å². The second-order valence-corrected chi connectivity index (χ2v) is 10.9. The number of H-pyrrole nitrogens is 1. The minimum absolute atomic E-state index is 0.0453. The molecule has 3 heterocycles. The number of aromatic nitrogens is 1. The molecule has 1 saturated heterocycles. The number of nitrogens with one attached hydrogen (secondary N) is 2. The molecule has 214 valence electrons. The predicted molar refractivity (Wildman–Crippen MR) is 155 cm³/mol. The molecule has 2 aliphatic heterocycles. The average Bonchev–Trinajstić information content (AvgIpc) is 3.48. The van der Waals surface area contributed by atoms with E-state index in [1.54, 1.807) is 17.0 Å². The third kappa shape index (κ3) is 4.31. The number of carbonyl (C=O) groups is 4. The van der Waals surface area contributed by atoms with Crippen LogP contribution in [0.4, 0.5) is 10.5 Å². The fraction of sp³-hybridized carbons (Fsp3) is 0.250. The molecule has 0 radical (unpaired) electrons. The summed E-state index contributed by atoms with van der Waals surface area (Å²) in [6.07, 6.45) is 0.293. The van der Waals surface area contributed by atoms with Gasteiger partial charge in [-0.15, -0.1) is 0 Å². The Morgan fingerprint density at radius 2 is 1.69 bits per heavy atom. The summed E-state index contributed by atoms with van der Waals surface area (Å²) in [6, 6.07) is 18.4. The lowest BCUT2D eigenvalue weighted by atomic mass is 9.88. The second-order valence-electron chi connectivity index (χ2n) is 10.9. The van der Waals surface area contributed by atoms with Crippen molar-refractivity contribution in [3.05, 3.63) is 101 Å². The van der Waals surface area contributed by atoms with Crippen molar-refractivity contribution in [1.29, 1.82) is 0 Å². The SMILES string of the molecule is CC(C)c1ccc(C2c3[nH]c4ccccc4c3C[C@H]3C(=O)N(c4ccccc4C(=O)N[C@@H](CO)C(=O)O)C(=O)N23)cc1. The zero-order valence-corrected chi connectivity index (χ0v) is 23.1. The van der Waals surface area contributed by atoms with Gasteiger partial charge in [0.2, 0.25) is 0 Å². The van der Waals surface area contributed by atoms with Crippen molar-refractivity contribution in [3.8, 4) is 0 Å². The molecule has 0 spiro atoms. The van der Waals surface area contributed by atoms with E-state index < -0.39 is 48.5 Å². The van der Waals surface area contributed by atoms with Gasteiger partial charge in [0.25, 0.3) is 11.8 Å². The lowest BCUT2D eigenvalue weighted by molar-refractivity contribution is -0.140. The number of urea groups is 1. The van der Waals surface area contributed by atoms with Gasteiger partial charge in [0.1, 0.15) is 12.1 Å². The third-order valence-electron chi connectivity index (χ3n) is 8.14. The molecule has 1 fully saturated rings. The molecule has 1 aromatic heterocycles. The first kappa shape index (κ1) is 27.2. The van der Waals surface area contributed by atoms with Crippen LogP contribution in [0.1, 0.15) is 58.5 Å². The number of imide groups is 1. The fourth-order valence-electron chi connectivity index (χ4n) is 5.99. The van der Waals surface area contributed by atoms with Crippen molar-refractivity contribution in [2.45, 2.75) is 44.3 Å². The second kappa shape index (κ2) is 10.5. The van der Waals surface area contributed by atoms with Gasteiger partial charge in [-0.3, -0.25) is 14.5 Å². The third-order valence-corrected chi connectivity index (χ3v) is 8.14. The fourth-order valence-corrected chi connectivity index (χ4v) is 5.99. The van der Waals surface area contributed by atoms with Gasteiger partial charge >= 0.3 is 12.0 Å². The number of benzene rings is 3. The Kier molecular flexibility index (Phi) is 6.78. The molecule has 2 aliphatic rings. The molecule has 4 amide bonds. The first-order valence-corrected chi connectivity index (χ1v) is 13.8. The molecule has 42 heavy (non-hydrogen) atoms. The number of hydrogen-bond acceptors (Lipinski definition) is 5. The van der Waals surface area contributed by atoms with Crippen molar-refractivity contribution in [3.63, 3.8) is 0 Å². The van der Waals surface area contributed by atoms with E-state index in [0.29, 0.717) is 12.3 Å². The number of hydrogen-bond donors (Lipinski definition) is 4. The summed E-state index contributed by atoms with van der Waals surface area (Å²) in [6.45, 7) is 3.40. The summed E-state index contributed by atoms with van der Waals surface area (Å²) < 4.78 is 0. The van der Waals surface area contributed by atoms with E-state index in [4.69, 9.17) is 0 Å². The molecule has 10 nitrogen and oxygen atoms in total. The first-order chi connectivity index (χ1) is 20.2. The van der Waals surface area contributed by atoms with E-state index in [1.165, 1.54) is 12.1 Å². The molecule has 3 aromatic carbocycles. The van der Waals surface area contributed by atoms with E-state index in [2.05, 4.69) is 24.1 Å². The number of aliphatic carboxylic acids is 1. The van der Waals surface area contributed by atoms with Gasteiger partial charge in [0, 0.05) is 23.0 Å². The van der Waals surface area contributed by atoms with Crippen LogP contribution in [0, 0.1) is 0 Å². The molecular formula is C32H30N4O6. The normalized spacial score (nSPS) is 18.8. The van der Waals surface area contributed by atoms with Crippen LogP contribution in [-0.2, 0) is 16.0 Å². The highest BCUT2D eigenvalue weighted by atomic mass is 16.4. The topological polar surface area (TPSA) is 143 Å². The number of fused-ring (bicyclic) bond motifs is 4. The van der Waals surface area contributed by atoms with Gasteiger partial charge in [-0.05, 0) is 40.8 Å². The maximum absolute atomic E-state index is 14.2. The Balaban J connectivity index is 1.45. The minimum atomic E-state index is -1.54. The number of carboxylic acids is 1. The molecule has 0 bridgehead atoms. The van der Waals surface area contributed by atoms with Crippen molar-refractivity contribution < 1.29 is 29.4 Å². The molecule has 0 saturated carbocycles. The molecule has 1 unspecified atom stereocenters. The number of amides is 4. The number of aromatic amines is 1. The molecule has 3 atom stereocenters. The number of para-hydroxylation sites is 2. The highest BCUT2D eigenvalue weighted by Crippen LogP contribution is 2.45. The zero-order valence-electron chi connectivity index (χ0n) is 23.1. The number of aliphatic hydroxyl groups excluding tert-OH is 1. The molecule has 0 aliphatic carbocycles. The number of carboxylic acid groups (broad SMARTS) is 1. The van der Waals surface area contributed by atoms with Gasteiger partial charge in [-0.2, -0.15) is 0 Å². The summed E-state index contributed by atoms with van der Waals surface area (Å²) in [5.41, 5.74) is 4.71. The summed E-state index contributed by atoms with van der Waals surface area (Å²) in [4.78, 5) is 59.0. The lowest BCUT2D eigenvalue weighted by Crippen LogP contribution is -2.44. The van der Waals surface area contributed by atoms with Gasteiger partial charge in [0.05, 0.1) is 17.9 Å². The first-order valence-electron chi connectivity index (χ1n) is 13.8. The van der Waals surface area contributed by atoms with Crippen LogP contribution < -0.4 is 10.2 Å². The van der Waals surface area contributed by atoms with Crippen LogP contribution in [0.3, 0.4) is 0 Å². The van der Waals surface area contributed by atoms with E-state index in [1.807, 2.05) is 48.5 Å². The smallest absolute Gasteiger partial charge is 0.332 e. The Hall–Kier alpha value is -4.96. The van der Waals surface area contributed by atoms with Crippen LogP contribution in [0.25, 0.3) is 10.9 Å². The van der Waals surface area contributed by atoms with E-state index in [0.717, 1.165) is 38.2 Å². The number of aliphatic hydroxyl groups is 1. The van der Waals surface area contributed by atoms with Crippen LogP contribution in [0.5, 0.6) is 0 Å².